The number of H-pyrrole nitrogens is 1. The molecule has 0 amide bonds. The number of anilines is 1. The highest BCUT2D eigenvalue weighted by Crippen LogP contribution is 2.29. The molecule has 142 valence electrons. The number of pyridine rings is 1. The Balaban J connectivity index is 1.91. The van der Waals surface area contributed by atoms with Crippen molar-refractivity contribution in [2.45, 2.75) is 13.0 Å². The Labute approximate surface area is 157 Å². The van der Waals surface area contributed by atoms with Gasteiger partial charge in [0.1, 0.15) is 5.82 Å². The number of nitrogens with one attached hydrogen (secondary N) is 1. The predicted molar refractivity (Wildman–Crippen MR) is 105 cm³/mol. The lowest BCUT2D eigenvalue weighted by molar-refractivity contribution is 0.0985. The molecule has 27 heavy (non-hydrogen) atoms. The van der Waals surface area contributed by atoms with Crippen LogP contribution in [0, 0.1) is 0 Å². The molecule has 0 saturated carbocycles. The van der Waals surface area contributed by atoms with E-state index in [2.05, 4.69) is 36.4 Å². The minimum absolute atomic E-state index is 0.174. The van der Waals surface area contributed by atoms with Crippen molar-refractivity contribution in [2.24, 2.45) is 4.36 Å². The number of ether oxygens (including phenoxy) is 1. The molecule has 0 radical (unpaired) electrons. The summed E-state index contributed by atoms with van der Waals surface area (Å²) in [5.74, 6) is 1.64. The summed E-state index contributed by atoms with van der Waals surface area (Å²) >= 11 is 0. The van der Waals surface area contributed by atoms with Crippen molar-refractivity contribution in [3.8, 4) is 11.4 Å². The summed E-state index contributed by atoms with van der Waals surface area (Å²) in [6.45, 7) is 4.07. The van der Waals surface area contributed by atoms with Crippen LogP contribution in [0.15, 0.2) is 28.9 Å². The standard InChI is InChI=1S/C17H21N7O2S/c1-11-10-26-7-6-24(11)15-8-14(23-27(2,3)25)20-17(21-15)12-4-5-18-16-13(12)9-19-22-16/h4-5,8-9,11H,6-7,10H2,1-3H3,(H,18,19,22)/t11-/m1/s1. The molecule has 0 aromatic carbocycles. The Morgan fingerprint density at radius 3 is 3.00 bits per heavy atom. The fraction of sp³-hybridized carbons (Fsp3) is 0.412. The Morgan fingerprint density at radius 2 is 2.22 bits per heavy atom. The fourth-order valence-electron chi connectivity index (χ4n) is 3.08. The van der Waals surface area contributed by atoms with Gasteiger partial charge >= 0.3 is 0 Å². The monoisotopic (exact) mass is 387 g/mol. The fourth-order valence-corrected chi connectivity index (χ4v) is 3.62. The third-order valence-electron chi connectivity index (χ3n) is 4.27. The highest BCUT2D eigenvalue weighted by molar-refractivity contribution is 7.92. The van der Waals surface area contributed by atoms with Gasteiger partial charge in [0.25, 0.3) is 0 Å². The van der Waals surface area contributed by atoms with E-state index < -0.39 is 9.73 Å². The Kier molecular flexibility index (Phi) is 4.52. The number of morpholine rings is 1. The lowest BCUT2D eigenvalue weighted by Crippen LogP contribution is -2.44. The lowest BCUT2D eigenvalue weighted by Gasteiger charge is -2.34. The topological polar surface area (TPSA) is 109 Å². The molecule has 3 aromatic rings. The summed E-state index contributed by atoms with van der Waals surface area (Å²) < 4.78 is 22.1. The van der Waals surface area contributed by atoms with Gasteiger partial charge in [0.05, 0.1) is 25.5 Å². The number of aromatic amines is 1. The van der Waals surface area contributed by atoms with Crippen molar-refractivity contribution in [1.82, 2.24) is 25.1 Å². The summed E-state index contributed by atoms with van der Waals surface area (Å²) in [5, 5.41) is 7.73. The summed E-state index contributed by atoms with van der Waals surface area (Å²) in [6, 6.07) is 3.80. The smallest absolute Gasteiger partial charge is 0.167 e. The van der Waals surface area contributed by atoms with Gasteiger partial charge in [0, 0.05) is 52.0 Å². The van der Waals surface area contributed by atoms with Gasteiger partial charge in [-0.1, -0.05) is 0 Å². The molecular weight excluding hydrogens is 366 g/mol. The second-order valence-corrected chi connectivity index (χ2v) is 9.33. The van der Waals surface area contributed by atoms with E-state index in [4.69, 9.17) is 9.72 Å². The first-order valence-electron chi connectivity index (χ1n) is 8.60. The molecule has 0 spiro atoms. The molecule has 4 heterocycles. The minimum atomic E-state index is -2.36. The van der Waals surface area contributed by atoms with Crippen LogP contribution in [0.25, 0.3) is 22.4 Å². The zero-order chi connectivity index (χ0) is 19.0. The van der Waals surface area contributed by atoms with Crippen LogP contribution in [0.3, 0.4) is 0 Å². The molecule has 4 rings (SSSR count). The van der Waals surface area contributed by atoms with Gasteiger partial charge in [-0.3, -0.25) is 5.10 Å². The van der Waals surface area contributed by atoms with Crippen LogP contribution in [0.4, 0.5) is 11.6 Å². The molecule has 1 atom stereocenters. The third-order valence-corrected chi connectivity index (χ3v) is 4.90. The summed E-state index contributed by atoms with van der Waals surface area (Å²) in [6.07, 6.45) is 6.56. The molecule has 9 nitrogen and oxygen atoms in total. The van der Waals surface area contributed by atoms with E-state index in [0.29, 0.717) is 30.5 Å². The highest BCUT2D eigenvalue weighted by atomic mass is 32.2. The Hall–Kier alpha value is -2.59. The number of hydrogen-bond acceptors (Lipinski definition) is 8. The van der Waals surface area contributed by atoms with Gasteiger partial charge in [-0.05, 0) is 13.0 Å². The van der Waals surface area contributed by atoms with E-state index in [-0.39, 0.29) is 6.04 Å². The van der Waals surface area contributed by atoms with Gasteiger partial charge < -0.3 is 9.64 Å². The van der Waals surface area contributed by atoms with Crippen molar-refractivity contribution in [1.29, 1.82) is 0 Å². The first-order chi connectivity index (χ1) is 12.9. The molecule has 0 unspecified atom stereocenters. The van der Waals surface area contributed by atoms with Crippen molar-refractivity contribution in [3.05, 3.63) is 24.5 Å². The number of fused-ring (bicyclic) bond motifs is 1. The second-order valence-electron chi connectivity index (χ2n) is 6.79. The van der Waals surface area contributed by atoms with Crippen LogP contribution < -0.4 is 4.90 Å². The molecule has 3 aromatic heterocycles. The maximum absolute atomic E-state index is 12.2. The first-order valence-corrected chi connectivity index (χ1v) is 10.9. The number of aromatic nitrogens is 5. The van der Waals surface area contributed by atoms with Gasteiger partial charge in [-0.15, -0.1) is 0 Å². The van der Waals surface area contributed by atoms with E-state index in [1.807, 2.05) is 6.07 Å². The number of hydrogen-bond donors (Lipinski definition) is 1. The molecular formula is C17H21N7O2S. The summed E-state index contributed by atoms with van der Waals surface area (Å²) in [7, 11) is -2.36. The average Bonchev–Trinajstić information content (AvgIpc) is 3.09. The van der Waals surface area contributed by atoms with E-state index in [1.165, 1.54) is 0 Å². The van der Waals surface area contributed by atoms with Gasteiger partial charge in [-0.2, -0.15) is 9.46 Å². The van der Waals surface area contributed by atoms with E-state index in [0.717, 1.165) is 23.3 Å². The Morgan fingerprint density at radius 1 is 1.37 bits per heavy atom. The zero-order valence-electron chi connectivity index (χ0n) is 15.4. The third kappa shape index (κ3) is 3.76. The molecule has 10 heteroatoms. The highest BCUT2D eigenvalue weighted by Gasteiger charge is 2.22. The van der Waals surface area contributed by atoms with Crippen molar-refractivity contribution < 1.29 is 8.95 Å². The largest absolute Gasteiger partial charge is 0.377 e. The van der Waals surface area contributed by atoms with E-state index >= 15 is 0 Å². The maximum Gasteiger partial charge on any atom is 0.167 e. The zero-order valence-corrected chi connectivity index (χ0v) is 16.2. The van der Waals surface area contributed by atoms with Gasteiger partial charge in [0.2, 0.25) is 0 Å². The minimum Gasteiger partial charge on any atom is -0.377 e. The molecule has 0 bridgehead atoms. The van der Waals surface area contributed by atoms with Crippen LogP contribution in [0.2, 0.25) is 0 Å². The van der Waals surface area contributed by atoms with Crippen molar-refractivity contribution in [2.75, 3.05) is 37.2 Å². The van der Waals surface area contributed by atoms with Crippen molar-refractivity contribution >= 4 is 32.4 Å². The molecule has 1 N–H and O–H groups in total. The molecule has 0 aliphatic carbocycles. The SMILES string of the molecule is C[C@@H]1COCCN1c1cc(N=S(C)(C)=O)nc(-c2ccnc3[nH]ncc23)n1. The molecule has 1 aliphatic rings. The summed E-state index contributed by atoms with van der Waals surface area (Å²) in [5.41, 5.74) is 1.46. The number of rotatable bonds is 3. The summed E-state index contributed by atoms with van der Waals surface area (Å²) in [4.78, 5) is 15.8. The predicted octanol–water partition coefficient (Wildman–Crippen LogP) is 2.00. The van der Waals surface area contributed by atoms with Crippen LogP contribution in [-0.4, -0.2) is 67.7 Å². The van der Waals surface area contributed by atoms with Gasteiger partial charge in [0.15, 0.2) is 17.3 Å². The molecule has 1 fully saturated rings. The van der Waals surface area contributed by atoms with Crippen molar-refractivity contribution in [3.63, 3.8) is 0 Å². The number of nitrogens with zero attached hydrogens (tertiary/aromatic N) is 6. The lowest BCUT2D eigenvalue weighted by atomic mass is 10.2. The van der Waals surface area contributed by atoms with Crippen LogP contribution in [-0.2, 0) is 14.5 Å². The van der Waals surface area contributed by atoms with Crippen LogP contribution in [0.1, 0.15) is 6.92 Å². The van der Waals surface area contributed by atoms with Crippen LogP contribution >= 0.6 is 0 Å². The quantitative estimate of drug-likeness (QED) is 0.732. The van der Waals surface area contributed by atoms with E-state index in [1.54, 1.807) is 31.0 Å². The average molecular weight is 387 g/mol. The van der Waals surface area contributed by atoms with E-state index in [9.17, 15) is 4.21 Å². The normalized spacial score (nSPS) is 18.0. The molecule has 1 saturated heterocycles. The second kappa shape index (κ2) is 6.86. The van der Waals surface area contributed by atoms with Gasteiger partial charge in [-0.25, -0.2) is 19.2 Å². The first kappa shape index (κ1) is 17.8. The Bertz CT molecular complexity index is 1100. The molecule has 1 aliphatic heterocycles. The van der Waals surface area contributed by atoms with Crippen LogP contribution in [0.5, 0.6) is 0 Å². The maximum atomic E-state index is 12.2.